The molecule has 1 aromatic heterocycles. The van der Waals surface area contributed by atoms with Gasteiger partial charge in [0.05, 0.1) is 6.54 Å². The van der Waals surface area contributed by atoms with E-state index in [0.717, 1.165) is 6.42 Å². The van der Waals surface area contributed by atoms with Gasteiger partial charge in [-0.1, -0.05) is 6.92 Å². The summed E-state index contributed by atoms with van der Waals surface area (Å²) in [6.07, 6.45) is 0.919. The first kappa shape index (κ1) is 17.7. The van der Waals surface area contributed by atoms with E-state index in [2.05, 4.69) is 10.6 Å². The molecule has 1 aliphatic carbocycles. The van der Waals surface area contributed by atoms with Gasteiger partial charge >= 0.3 is 5.97 Å². The van der Waals surface area contributed by atoms with E-state index in [9.17, 15) is 14.4 Å². The molecule has 0 saturated heterocycles. The minimum absolute atomic E-state index is 0.0112. The Labute approximate surface area is 150 Å². The third-order valence-electron chi connectivity index (χ3n) is 4.48. The van der Waals surface area contributed by atoms with Gasteiger partial charge in [0.25, 0.3) is 5.91 Å². The van der Waals surface area contributed by atoms with Crippen LogP contribution in [0.3, 0.4) is 0 Å². The summed E-state index contributed by atoms with van der Waals surface area (Å²) in [6.45, 7) is 3.69. The number of carboxylic acid groups (broad SMARTS) is 1. The molecule has 1 heterocycles. The van der Waals surface area contributed by atoms with Crippen molar-refractivity contribution in [1.82, 2.24) is 5.32 Å². The van der Waals surface area contributed by atoms with Gasteiger partial charge in [0, 0.05) is 17.2 Å². The van der Waals surface area contributed by atoms with E-state index < -0.39 is 5.97 Å². The second kappa shape index (κ2) is 7.03. The minimum Gasteiger partial charge on any atom is -0.478 e. The molecule has 136 valence electrons. The van der Waals surface area contributed by atoms with Crippen LogP contribution in [0, 0.1) is 18.8 Å². The number of aromatic carboxylic acids is 1. The monoisotopic (exact) mass is 356 g/mol. The number of rotatable bonds is 6. The molecule has 7 heteroatoms. The average Bonchev–Trinajstić information content (AvgIpc) is 3.21. The number of aryl methyl sites for hydroxylation is 1. The summed E-state index contributed by atoms with van der Waals surface area (Å²) in [7, 11) is 0. The summed E-state index contributed by atoms with van der Waals surface area (Å²) >= 11 is 0. The Balaban J connectivity index is 1.55. The Morgan fingerprint density at radius 1 is 1.23 bits per heavy atom. The van der Waals surface area contributed by atoms with E-state index in [-0.39, 0.29) is 29.8 Å². The number of amides is 2. The number of benzene rings is 1. The van der Waals surface area contributed by atoms with Crippen LogP contribution >= 0.6 is 0 Å². The number of carbonyl (C=O) groups excluding carboxylic acids is 2. The molecule has 3 N–H and O–H groups in total. The predicted molar refractivity (Wildman–Crippen MR) is 93.9 cm³/mol. The van der Waals surface area contributed by atoms with Crippen molar-refractivity contribution < 1.29 is 23.9 Å². The number of carboxylic acids is 1. The SMILES string of the molecule is Cc1oc(CNC(=O)c2ccc(NC(=O)C3CC3C)cc2)cc1C(=O)O. The Morgan fingerprint density at radius 3 is 2.42 bits per heavy atom. The van der Waals surface area contributed by atoms with Gasteiger partial charge in [-0.3, -0.25) is 9.59 Å². The third-order valence-corrected chi connectivity index (χ3v) is 4.48. The lowest BCUT2D eigenvalue weighted by Crippen LogP contribution is -2.22. The van der Waals surface area contributed by atoms with Gasteiger partial charge in [-0.15, -0.1) is 0 Å². The van der Waals surface area contributed by atoms with E-state index in [1.54, 1.807) is 31.2 Å². The van der Waals surface area contributed by atoms with Gasteiger partial charge in [0.15, 0.2) is 0 Å². The summed E-state index contributed by atoms with van der Waals surface area (Å²) in [5.41, 5.74) is 1.17. The lowest BCUT2D eigenvalue weighted by atomic mass is 10.2. The van der Waals surface area contributed by atoms with Crippen molar-refractivity contribution in [1.29, 1.82) is 0 Å². The summed E-state index contributed by atoms with van der Waals surface area (Å²) in [5.74, 6) is -0.177. The first-order valence-electron chi connectivity index (χ1n) is 8.37. The molecule has 3 rings (SSSR count). The molecular formula is C19H20N2O5. The van der Waals surface area contributed by atoms with E-state index in [1.165, 1.54) is 6.07 Å². The predicted octanol–water partition coefficient (Wildman–Crippen LogP) is 2.81. The normalized spacial score (nSPS) is 18.2. The van der Waals surface area contributed by atoms with E-state index >= 15 is 0 Å². The first-order chi connectivity index (χ1) is 12.3. The van der Waals surface area contributed by atoms with Crippen LogP contribution < -0.4 is 10.6 Å². The van der Waals surface area contributed by atoms with Gasteiger partial charge in [-0.2, -0.15) is 0 Å². The molecule has 2 aromatic rings. The van der Waals surface area contributed by atoms with Crippen LogP contribution in [0.25, 0.3) is 0 Å². The minimum atomic E-state index is -1.07. The topological polar surface area (TPSA) is 109 Å². The van der Waals surface area contributed by atoms with Gasteiger partial charge in [-0.05, 0) is 49.6 Å². The first-order valence-corrected chi connectivity index (χ1v) is 8.37. The van der Waals surface area contributed by atoms with Crippen molar-refractivity contribution in [3.05, 3.63) is 53.0 Å². The maximum Gasteiger partial charge on any atom is 0.339 e. The highest BCUT2D eigenvalue weighted by atomic mass is 16.4. The van der Waals surface area contributed by atoms with Crippen LogP contribution in [0.5, 0.6) is 0 Å². The molecule has 2 amide bonds. The molecular weight excluding hydrogens is 336 g/mol. The molecule has 2 atom stereocenters. The maximum atomic E-state index is 12.2. The van der Waals surface area contributed by atoms with Gasteiger partial charge < -0.3 is 20.2 Å². The highest BCUT2D eigenvalue weighted by Gasteiger charge is 2.39. The van der Waals surface area contributed by atoms with E-state index in [4.69, 9.17) is 9.52 Å². The van der Waals surface area contributed by atoms with Crippen LogP contribution in [0.15, 0.2) is 34.7 Å². The lowest BCUT2D eigenvalue weighted by molar-refractivity contribution is -0.117. The largest absolute Gasteiger partial charge is 0.478 e. The van der Waals surface area contributed by atoms with Crippen molar-refractivity contribution in [2.45, 2.75) is 26.8 Å². The molecule has 1 saturated carbocycles. The van der Waals surface area contributed by atoms with Gasteiger partial charge in [-0.25, -0.2) is 4.79 Å². The number of anilines is 1. The molecule has 0 bridgehead atoms. The molecule has 0 radical (unpaired) electrons. The van der Waals surface area contributed by atoms with Crippen molar-refractivity contribution in [2.24, 2.45) is 11.8 Å². The zero-order chi connectivity index (χ0) is 18.8. The Kier molecular flexibility index (Phi) is 4.79. The lowest BCUT2D eigenvalue weighted by Gasteiger charge is -2.07. The van der Waals surface area contributed by atoms with Crippen molar-refractivity contribution >= 4 is 23.5 Å². The number of hydrogen-bond donors (Lipinski definition) is 3. The molecule has 2 unspecified atom stereocenters. The fraction of sp³-hybridized carbons (Fsp3) is 0.316. The van der Waals surface area contributed by atoms with Gasteiger partial charge in [0.2, 0.25) is 5.91 Å². The fourth-order valence-corrected chi connectivity index (χ4v) is 2.74. The second-order valence-corrected chi connectivity index (χ2v) is 6.56. The molecule has 0 aliphatic heterocycles. The zero-order valence-corrected chi connectivity index (χ0v) is 14.5. The molecule has 1 aliphatic rings. The van der Waals surface area contributed by atoms with E-state index in [1.807, 2.05) is 6.92 Å². The number of carbonyl (C=O) groups is 3. The zero-order valence-electron chi connectivity index (χ0n) is 14.5. The second-order valence-electron chi connectivity index (χ2n) is 6.56. The maximum absolute atomic E-state index is 12.2. The van der Waals surface area contributed by atoms with Crippen LogP contribution in [0.2, 0.25) is 0 Å². The Hall–Kier alpha value is -3.09. The quantitative estimate of drug-likeness (QED) is 0.737. The Bertz CT molecular complexity index is 853. The van der Waals surface area contributed by atoms with Crippen LogP contribution in [-0.4, -0.2) is 22.9 Å². The highest BCUT2D eigenvalue weighted by Crippen LogP contribution is 2.38. The van der Waals surface area contributed by atoms with Crippen LogP contribution in [0.1, 0.15) is 45.6 Å². The number of furan rings is 1. The van der Waals surface area contributed by atoms with Gasteiger partial charge in [0.1, 0.15) is 17.1 Å². The van der Waals surface area contributed by atoms with Crippen molar-refractivity contribution in [3.8, 4) is 0 Å². The van der Waals surface area contributed by atoms with Crippen LogP contribution in [0.4, 0.5) is 5.69 Å². The van der Waals surface area contributed by atoms with Crippen molar-refractivity contribution in [2.75, 3.05) is 5.32 Å². The number of hydrogen-bond acceptors (Lipinski definition) is 4. The fourth-order valence-electron chi connectivity index (χ4n) is 2.74. The molecule has 1 aromatic carbocycles. The van der Waals surface area contributed by atoms with Crippen molar-refractivity contribution in [3.63, 3.8) is 0 Å². The third kappa shape index (κ3) is 3.93. The average molecular weight is 356 g/mol. The smallest absolute Gasteiger partial charge is 0.339 e. The molecule has 0 spiro atoms. The Morgan fingerprint density at radius 2 is 1.88 bits per heavy atom. The standard InChI is InChI=1S/C19H20N2O5/c1-10-7-15(10)18(23)21-13-5-3-12(4-6-13)17(22)20-9-14-8-16(19(24)25)11(2)26-14/h3-6,8,10,15H,7,9H2,1-2H3,(H,20,22)(H,21,23)(H,24,25). The highest BCUT2D eigenvalue weighted by molar-refractivity contribution is 5.97. The summed E-state index contributed by atoms with van der Waals surface area (Å²) in [6, 6.07) is 8.00. The molecule has 1 fully saturated rings. The van der Waals surface area contributed by atoms with E-state index in [0.29, 0.717) is 28.7 Å². The summed E-state index contributed by atoms with van der Waals surface area (Å²) < 4.78 is 5.32. The number of nitrogens with one attached hydrogen (secondary N) is 2. The molecule has 7 nitrogen and oxygen atoms in total. The summed E-state index contributed by atoms with van der Waals surface area (Å²) in [5, 5.41) is 14.5. The van der Waals surface area contributed by atoms with Crippen LogP contribution in [-0.2, 0) is 11.3 Å². The summed E-state index contributed by atoms with van der Waals surface area (Å²) in [4.78, 5) is 35.1. The molecule has 26 heavy (non-hydrogen) atoms.